The third-order valence-corrected chi connectivity index (χ3v) is 6.86. The van der Waals surface area contributed by atoms with Crippen LogP contribution in [0.5, 0.6) is 5.75 Å². The van der Waals surface area contributed by atoms with Gasteiger partial charge in [0.15, 0.2) is 5.78 Å². The molecule has 1 fully saturated rings. The summed E-state index contributed by atoms with van der Waals surface area (Å²) < 4.78 is 6.00. The summed E-state index contributed by atoms with van der Waals surface area (Å²) in [5.41, 5.74) is 2.44. The standard InChI is InChI=1S/C26H36ClN3O4/c1-17(24(33)16-31)13-23(32)25-18(2)11-22(12-19(25)3)34-10-4-5-20-6-8-30(9-7-20)26-28-14-21(27)15-29-26/h11-12,14-15,17,20,24,31,33H,4-10,13,16H2,1-3H3/t17-,24+/m0/s1. The summed E-state index contributed by atoms with van der Waals surface area (Å²) in [4.78, 5) is 23.6. The van der Waals surface area contributed by atoms with Crippen LogP contribution in [0.4, 0.5) is 5.95 Å². The van der Waals surface area contributed by atoms with Crippen LogP contribution in [-0.4, -0.2) is 58.4 Å². The Labute approximate surface area is 207 Å². The van der Waals surface area contributed by atoms with E-state index in [4.69, 9.17) is 21.4 Å². The van der Waals surface area contributed by atoms with E-state index in [0.29, 0.717) is 23.1 Å². The van der Waals surface area contributed by atoms with Gasteiger partial charge in [0.1, 0.15) is 5.75 Å². The molecule has 0 saturated carbocycles. The number of carbonyl (C=O) groups is 1. The highest BCUT2D eigenvalue weighted by Gasteiger charge is 2.22. The number of aromatic nitrogens is 2. The monoisotopic (exact) mass is 489 g/mol. The molecule has 2 aromatic rings. The molecule has 0 aliphatic carbocycles. The van der Waals surface area contributed by atoms with Crippen LogP contribution < -0.4 is 9.64 Å². The van der Waals surface area contributed by atoms with E-state index in [1.807, 2.05) is 26.0 Å². The second kappa shape index (κ2) is 12.5. The maximum atomic E-state index is 12.7. The minimum Gasteiger partial charge on any atom is -0.494 e. The Morgan fingerprint density at radius 1 is 1.21 bits per heavy atom. The number of anilines is 1. The van der Waals surface area contributed by atoms with Crippen molar-refractivity contribution in [1.82, 2.24) is 9.97 Å². The first-order chi connectivity index (χ1) is 16.3. The molecule has 1 aromatic heterocycles. The average molecular weight is 490 g/mol. The number of rotatable bonds is 11. The largest absolute Gasteiger partial charge is 0.494 e. The van der Waals surface area contributed by atoms with Gasteiger partial charge in [0.2, 0.25) is 5.95 Å². The molecule has 1 aromatic carbocycles. The van der Waals surface area contributed by atoms with Gasteiger partial charge in [-0.3, -0.25) is 4.79 Å². The summed E-state index contributed by atoms with van der Waals surface area (Å²) in [7, 11) is 0. The van der Waals surface area contributed by atoms with E-state index in [1.165, 1.54) is 0 Å². The molecule has 0 unspecified atom stereocenters. The Kier molecular flexibility index (Phi) is 9.68. The Balaban J connectivity index is 1.43. The van der Waals surface area contributed by atoms with Crippen molar-refractivity contribution < 1.29 is 19.7 Å². The lowest BCUT2D eigenvalue weighted by atomic mass is 9.91. The van der Waals surface area contributed by atoms with Crippen LogP contribution in [0.2, 0.25) is 5.02 Å². The van der Waals surface area contributed by atoms with E-state index >= 15 is 0 Å². The fourth-order valence-corrected chi connectivity index (χ4v) is 4.71. The number of aryl methyl sites for hydroxylation is 2. The van der Waals surface area contributed by atoms with Crippen molar-refractivity contribution >= 4 is 23.3 Å². The number of benzene rings is 1. The molecule has 2 N–H and O–H groups in total. The number of hydrogen-bond acceptors (Lipinski definition) is 7. The molecule has 0 amide bonds. The zero-order valence-corrected chi connectivity index (χ0v) is 21.1. The lowest BCUT2D eigenvalue weighted by molar-refractivity contribution is 0.0479. The quantitative estimate of drug-likeness (QED) is 0.357. The molecular formula is C26H36ClN3O4. The highest BCUT2D eigenvalue weighted by Crippen LogP contribution is 2.27. The van der Waals surface area contributed by atoms with Crippen LogP contribution in [0.15, 0.2) is 24.5 Å². The molecule has 0 radical (unpaired) electrons. The van der Waals surface area contributed by atoms with Crippen molar-refractivity contribution in [2.75, 3.05) is 31.2 Å². The van der Waals surface area contributed by atoms with Gasteiger partial charge in [0, 0.05) is 25.1 Å². The fraction of sp³-hybridized carbons (Fsp3) is 0.577. The summed E-state index contributed by atoms with van der Waals surface area (Å²) in [5.74, 6) is 1.89. The van der Waals surface area contributed by atoms with Crippen LogP contribution in [0, 0.1) is 25.7 Å². The summed E-state index contributed by atoms with van der Waals surface area (Å²) in [6.07, 6.45) is 6.93. The Morgan fingerprint density at radius 2 is 1.82 bits per heavy atom. The number of nitrogens with zero attached hydrogens (tertiary/aromatic N) is 3. The molecule has 1 aliphatic rings. The highest BCUT2D eigenvalue weighted by atomic mass is 35.5. The zero-order chi connectivity index (χ0) is 24.7. The van der Waals surface area contributed by atoms with E-state index in [2.05, 4.69) is 14.9 Å². The van der Waals surface area contributed by atoms with Gasteiger partial charge in [-0.2, -0.15) is 0 Å². The number of halogens is 1. The Hall–Kier alpha value is -2.22. The summed E-state index contributed by atoms with van der Waals surface area (Å²) in [6, 6.07) is 3.83. The first-order valence-electron chi connectivity index (χ1n) is 12.1. The third kappa shape index (κ3) is 7.14. The van der Waals surface area contributed by atoms with Gasteiger partial charge in [-0.05, 0) is 74.6 Å². The van der Waals surface area contributed by atoms with E-state index < -0.39 is 6.10 Å². The van der Waals surface area contributed by atoms with E-state index in [9.17, 15) is 9.90 Å². The van der Waals surface area contributed by atoms with Gasteiger partial charge >= 0.3 is 0 Å². The van der Waals surface area contributed by atoms with E-state index in [0.717, 1.165) is 61.6 Å². The smallest absolute Gasteiger partial charge is 0.225 e. The molecule has 0 spiro atoms. The fourth-order valence-electron chi connectivity index (χ4n) is 4.61. The minimum atomic E-state index is -0.884. The molecule has 2 heterocycles. The molecule has 2 atom stereocenters. The van der Waals surface area contributed by atoms with Gasteiger partial charge in [-0.15, -0.1) is 0 Å². The normalized spacial score (nSPS) is 16.4. The lowest BCUT2D eigenvalue weighted by Gasteiger charge is -2.32. The molecule has 7 nitrogen and oxygen atoms in total. The van der Waals surface area contributed by atoms with Crippen LogP contribution in [0.1, 0.15) is 60.5 Å². The number of aliphatic hydroxyl groups excluding tert-OH is 2. The maximum Gasteiger partial charge on any atom is 0.225 e. The maximum absolute atomic E-state index is 12.7. The van der Waals surface area contributed by atoms with Gasteiger partial charge in [0.05, 0.1) is 36.7 Å². The number of ketones is 1. The average Bonchev–Trinajstić information content (AvgIpc) is 2.81. The molecule has 186 valence electrons. The second-order valence-electron chi connectivity index (χ2n) is 9.41. The molecule has 0 bridgehead atoms. The zero-order valence-electron chi connectivity index (χ0n) is 20.3. The first-order valence-corrected chi connectivity index (χ1v) is 12.4. The van der Waals surface area contributed by atoms with Crippen molar-refractivity contribution in [1.29, 1.82) is 0 Å². The minimum absolute atomic E-state index is 0.0168. The van der Waals surface area contributed by atoms with Gasteiger partial charge in [-0.25, -0.2) is 9.97 Å². The number of hydrogen-bond donors (Lipinski definition) is 2. The van der Waals surface area contributed by atoms with E-state index in [1.54, 1.807) is 19.3 Å². The van der Waals surface area contributed by atoms with Crippen LogP contribution in [0.25, 0.3) is 0 Å². The molecule has 34 heavy (non-hydrogen) atoms. The Bertz CT molecular complexity index is 923. The molecule has 1 saturated heterocycles. The lowest BCUT2D eigenvalue weighted by Crippen LogP contribution is -2.34. The van der Waals surface area contributed by atoms with Crippen LogP contribution >= 0.6 is 11.6 Å². The molecule has 8 heteroatoms. The van der Waals surface area contributed by atoms with Gasteiger partial charge in [0.25, 0.3) is 0 Å². The van der Waals surface area contributed by atoms with Crippen LogP contribution in [-0.2, 0) is 0 Å². The highest BCUT2D eigenvalue weighted by molar-refractivity contribution is 6.30. The SMILES string of the molecule is Cc1cc(OCCCC2CCN(c3ncc(Cl)cn3)CC2)cc(C)c1C(=O)C[C@H](C)[C@H](O)CO. The van der Waals surface area contributed by atoms with Crippen molar-refractivity contribution in [3.8, 4) is 5.75 Å². The molecule has 1 aliphatic heterocycles. The number of Topliss-reactive ketones (excluding diaryl/α,β-unsaturated/α-hetero) is 1. The summed E-state index contributed by atoms with van der Waals surface area (Å²) in [6.45, 7) is 7.82. The Morgan fingerprint density at radius 3 is 2.41 bits per heavy atom. The number of aliphatic hydroxyl groups is 2. The van der Waals surface area contributed by atoms with Gasteiger partial charge < -0.3 is 19.8 Å². The van der Waals surface area contributed by atoms with Crippen molar-refractivity contribution in [3.05, 3.63) is 46.2 Å². The molecule has 3 rings (SSSR count). The second-order valence-corrected chi connectivity index (χ2v) is 9.85. The van der Waals surface area contributed by atoms with Crippen molar-refractivity contribution in [3.63, 3.8) is 0 Å². The topological polar surface area (TPSA) is 95.8 Å². The predicted molar refractivity (Wildman–Crippen MR) is 134 cm³/mol. The molecular weight excluding hydrogens is 454 g/mol. The number of piperidine rings is 1. The first kappa shape index (κ1) is 26.4. The van der Waals surface area contributed by atoms with Crippen molar-refractivity contribution in [2.45, 2.75) is 59.0 Å². The van der Waals surface area contributed by atoms with Gasteiger partial charge in [-0.1, -0.05) is 18.5 Å². The number of carbonyl (C=O) groups excluding carboxylic acids is 1. The summed E-state index contributed by atoms with van der Waals surface area (Å²) >= 11 is 5.87. The van der Waals surface area contributed by atoms with Crippen molar-refractivity contribution in [2.24, 2.45) is 11.8 Å². The third-order valence-electron chi connectivity index (χ3n) is 6.67. The summed E-state index contributed by atoms with van der Waals surface area (Å²) in [5, 5.41) is 19.4. The van der Waals surface area contributed by atoms with E-state index in [-0.39, 0.29) is 24.7 Å². The predicted octanol–water partition coefficient (Wildman–Crippen LogP) is 4.38. The van der Waals surface area contributed by atoms with Crippen LogP contribution in [0.3, 0.4) is 0 Å². The number of ether oxygens (including phenoxy) is 1.